The number of hydrogen-bond acceptors (Lipinski definition) is 4. The molecule has 0 aliphatic heterocycles. The van der Waals surface area contributed by atoms with Crippen LogP contribution >= 0.6 is 11.3 Å². The Balaban J connectivity index is 2.14. The minimum absolute atomic E-state index is 0.0621. The van der Waals surface area contributed by atoms with Crippen molar-refractivity contribution < 1.29 is 9.59 Å². The Hall–Kier alpha value is -2.21. The van der Waals surface area contributed by atoms with E-state index in [1.165, 1.54) is 17.5 Å². The van der Waals surface area contributed by atoms with Gasteiger partial charge in [0.25, 0.3) is 5.91 Å². The van der Waals surface area contributed by atoms with Gasteiger partial charge in [-0.3, -0.25) is 9.59 Å². The molecule has 0 radical (unpaired) electrons. The fourth-order valence-electron chi connectivity index (χ4n) is 1.87. The summed E-state index contributed by atoms with van der Waals surface area (Å²) in [6.45, 7) is 3.66. The van der Waals surface area contributed by atoms with Crippen LogP contribution in [0.5, 0.6) is 0 Å². The van der Waals surface area contributed by atoms with Gasteiger partial charge in [-0.05, 0) is 5.92 Å². The molecule has 2 aromatic rings. The highest BCUT2D eigenvalue weighted by Crippen LogP contribution is 2.24. The third kappa shape index (κ3) is 3.66. The molecule has 0 fully saturated rings. The maximum Gasteiger partial charge on any atom is 0.263 e. The number of amides is 2. The first-order valence-electron chi connectivity index (χ1n) is 6.60. The predicted octanol–water partition coefficient (Wildman–Crippen LogP) is 2.05. The van der Waals surface area contributed by atoms with Gasteiger partial charge in [-0.1, -0.05) is 44.2 Å². The first-order chi connectivity index (χ1) is 9.99. The number of carbonyl (C=O) groups is 2. The molecule has 1 atom stereocenters. The Labute approximate surface area is 127 Å². The molecular weight excluding hydrogens is 286 g/mol. The predicted molar refractivity (Wildman–Crippen MR) is 82.8 cm³/mol. The first kappa shape index (κ1) is 15.2. The van der Waals surface area contributed by atoms with Gasteiger partial charge in [0.1, 0.15) is 15.9 Å². The summed E-state index contributed by atoms with van der Waals surface area (Å²) < 4.78 is 0. The maximum atomic E-state index is 12.2. The molecule has 1 heterocycles. The average Bonchev–Trinajstić information content (AvgIpc) is 2.94. The lowest BCUT2D eigenvalue weighted by Crippen LogP contribution is -2.47. The second kappa shape index (κ2) is 6.49. The van der Waals surface area contributed by atoms with Crippen LogP contribution < -0.4 is 11.1 Å². The smallest absolute Gasteiger partial charge is 0.263 e. The van der Waals surface area contributed by atoms with E-state index in [-0.39, 0.29) is 11.8 Å². The Morgan fingerprint density at radius 3 is 2.48 bits per heavy atom. The van der Waals surface area contributed by atoms with Gasteiger partial charge in [0.05, 0.1) is 6.20 Å². The minimum Gasteiger partial charge on any atom is -0.368 e. The van der Waals surface area contributed by atoms with Crippen molar-refractivity contribution in [2.75, 3.05) is 0 Å². The fraction of sp³-hybridized carbons (Fsp3) is 0.267. The van der Waals surface area contributed by atoms with Crippen LogP contribution in [0.15, 0.2) is 36.5 Å². The highest BCUT2D eigenvalue weighted by molar-refractivity contribution is 7.16. The highest BCUT2D eigenvalue weighted by atomic mass is 32.1. The van der Waals surface area contributed by atoms with Gasteiger partial charge in [-0.2, -0.15) is 0 Å². The molecule has 0 aliphatic carbocycles. The van der Waals surface area contributed by atoms with Crippen molar-refractivity contribution in [3.05, 3.63) is 41.4 Å². The standard InChI is InChI=1S/C15H17N3O2S/c1-9(2)12(13(16)19)18-14(20)11-8-17-15(21-11)10-6-4-3-5-7-10/h3-9,12H,1-2H3,(H2,16,19)(H,18,20)/t12-/m1/s1. The lowest BCUT2D eigenvalue weighted by molar-refractivity contribution is -0.120. The monoisotopic (exact) mass is 303 g/mol. The summed E-state index contributed by atoms with van der Waals surface area (Å²) in [5.41, 5.74) is 6.25. The van der Waals surface area contributed by atoms with E-state index in [0.717, 1.165) is 10.6 Å². The van der Waals surface area contributed by atoms with Crippen LogP contribution in [0, 0.1) is 5.92 Å². The number of nitrogens with two attached hydrogens (primary N) is 1. The van der Waals surface area contributed by atoms with E-state index >= 15 is 0 Å². The van der Waals surface area contributed by atoms with Gasteiger partial charge in [0.2, 0.25) is 5.91 Å². The number of aromatic nitrogens is 1. The summed E-state index contributed by atoms with van der Waals surface area (Å²) in [7, 11) is 0. The number of nitrogens with one attached hydrogen (secondary N) is 1. The number of nitrogens with zero attached hydrogens (tertiary/aromatic N) is 1. The fourth-order valence-corrected chi connectivity index (χ4v) is 2.70. The molecule has 110 valence electrons. The van der Waals surface area contributed by atoms with Gasteiger partial charge in [0, 0.05) is 5.56 Å². The zero-order chi connectivity index (χ0) is 15.4. The molecule has 0 saturated heterocycles. The zero-order valence-corrected chi connectivity index (χ0v) is 12.7. The van der Waals surface area contributed by atoms with E-state index in [4.69, 9.17) is 5.73 Å². The lowest BCUT2D eigenvalue weighted by Gasteiger charge is -2.18. The van der Waals surface area contributed by atoms with Crippen LogP contribution in [0.4, 0.5) is 0 Å². The molecule has 2 amide bonds. The molecule has 6 heteroatoms. The van der Waals surface area contributed by atoms with Crippen molar-refractivity contribution in [2.24, 2.45) is 11.7 Å². The second-order valence-electron chi connectivity index (χ2n) is 4.99. The lowest BCUT2D eigenvalue weighted by atomic mass is 10.0. The van der Waals surface area contributed by atoms with Crippen molar-refractivity contribution in [2.45, 2.75) is 19.9 Å². The highest BCUT2D eigenvalue weighted by Gasteiger charge is 2.23. The van der Waals surface area contributed by atoms with Crippen LogP contribution in [0.25, 0.3) is 10.6 Å². The largest absolute Gasteiger partial charge is 0.368 e. The molecule has 0 unspecified atom stereocenters. The van der Waals surface area contributed by atoms with Crippen molar-refractivity contribution in [3.8, 4) is 10.6 Å². The minimum atomic E-state index is -0.681. The average molecular weight is 303 g/mol. The Morgan fingerprint density at radius 2 is 1.90 bits per heavy atom. The number of primary amides is 1. The molecule has 0 spiro atoms. The molecule has 5 nitrogen and oxygen atoms in total. The maximum absolute atomic E-state index is 12.2. The van der Waals surface area contributed by atoms with Crippen LogP contribution in [0.1, 0.15) is 23.5 Å². The summed E-state index contributed by atoms with van der Waals surface area (Å²) in [5, 5.41) is 3.42. The van der Waals surface area contributed by atoms with E-state index in [9.17, 15) is 9.59 Å². The van der Waals surface area contributed by atoms with Crippen molar-refractivity contribution >= 4 is 23.2 Å². The Kier molecular flexibility index (Phi) is 4.70. The summed E-state index contributed by atoms with van der Waals surface area (Å²) in [6.07, 6.45) is 1.51. The molecule has 0 aliphatic rings. The molecule has 21 heavy (non-hydrogen) atoms. The number of rotatable bonds is 5. The van der Waals surface area contributed by atoms with Crippen LogP contribution in [-0.2, 0) is 4.79 Å². The molecule has 0 bridgehead atoms. The summed E-state index contributed by atoms with van der Waals surface area (Å²) >= 11 is 1.28. The third-order valence-corrected chi connectivity index (χ3v) is 4.06. The summed E-state index contributed by atoms with van der Waals surface area (Å²) in [4.78, 5) is 28.2. The number of benzene rings is 1. The van der Waals surface area contributed by atoms with E-state index < -0.39 is 11.9 Å². The van der Waals surface area contributed by atoms with E-state index in [0.29, 0.717) is 4.88 Å². The SMILES string of the molecule is CC(C)[C@@H](NC(=O)c1cnc(-c2ccccc2)s1)C(N)=O. The topological polar surface area (TPSA) is 85.1 Å². The molecule has 0 saturated carbocycles. The van der Waals surface area contributed by atoms with E-state index in [1.54, 1.807) is 0 Å². The number of thiazole rings is 1. The van der Waals surface area contributed by atoms with E-state index in [2.05, 4.69) is 10.3 Å². The van der Waals surface area contributed by atoms with Crippen LogP contribution in [0.3, 0.4) is 0 Å². The second-order valence-corrected chi connectivity index (χ2v) is 6.02. The summed E-state index contributed by atoms with van der Waals surface area (Å²) in [6, 6.07) is 8.93. The third-order valence-electron chi connectivity index (χ3n) is 3.01. The van der Waals surface area contributed by atoms with Gasteiger partial charge in [-0.25, -0.2) is 4.98 Å². The van der Waals surface area contributed by atoms with Gasteiger partial charge < -0.3 is 11.1 Å². The molecule has 2 rings (SSSR count). The van der Waals surface area contributed by atoms with E-state index in [1.807, 2.05) is 44.2 Å². The molecule has 3 N–H and O–H groups in total. The quantitative estimate of drug-likeness (QED) is 0.886. The molecule has 1 aromatic carbocycles. The van der Waals surface area contributed by atoms with Gasteiger partial charge in [0.15, 0.2) is 0 Å². The first-order valence-corrected chi connectivity index (χ1v) is 7.42. The Bertz CT molecular complexity index is 637. The normalized spacial score (nSPS) is 12.1. The number of carbonyl (C=O) groups excluding carboxylic acids is 2. The molecular formula is C15H17N3O2S. The molecule has 1 aromatic heterocycles. The van der Waals surface area contributed by atoms with Crippen molar-refractivity contribution in [1.29, 1.82) is 0 Å². The van der Waals surface area contributed by atoms with Crippen molar-refractivity contribution in [1.82, 2.24) is 10.3 Å². The zero-order valence-electron chi connectivity index (χ0n) is 11.9. The van der Waals surface area contributed by atoms with Crippen LogP contribution in [0.2, 0.25) is 0 Å². The number of hydrogen-bond donors (Lipinski definition) is 2. The van der Waals surface area contributed by atoms with Gasteiger partial charge in [-0.15, -0.1) is 11.3 Å². The van der Waals surface area contributed by atoms with Gasteiger partial charge >= 0.3 is 0 Å². The summed E-state index contributed by atoms with van der Waals surface area (Å²) in [5.74, 6) is -0.925. The Morgan fingerprint density at radius 1 is 1.24 bits per heavy atom. The van der Waals surface area contributed by atoms with Crippen LogP contribution in [-0.4, -0.2) is 22.8 Å². The van der Waals surface area contributed by atoms with Crippen molar-refractivity contribution in [3.63, 3.8) is 0 Å².